The van der Waals surface area contributed by atoms with E-state index in [1.165, 1.54) is 15.3 Å². The largest absolute Gasteiger partial charge is 0.270 e. The summed E-state index contributed by atoms with van der Waals surface area (Å²) in [4.78, 5) is 1.15. The first-order valence-corrected chi connectivity index (χ1v) is 9.76. The molecule has 0 N–H and O–H groups in total. The summed E-state index contributed by atoms with van der Waals surface area (Å²) in [6.45, 7) is 0. The van der Waals surface area contributed by atoms with Crippen LogP contribution >= 0.6 is 27.3 Å². The molecule has 0 fully saturated rings. The lowest BCUT2D eigenvalue weighted by Crippen LogP contribution is -2.17. The Morgan fingerprint density at radius 3 is 2.73 bits per heavy atom. The van der Waals surface area contributed by atoms with Crippen molar-refractivity contribution in [1.82, 2.24) is 3.97 Å². The molecule has 108 valence electrons. The molecule has 1 aliphatic rings. The molecule has 2 aromatic carbocycles. The molecule has 0 unspecified atom stereocenters. The summed E-state index contributed by atoms with van der Waals surface area (Å²) in [7, 11) is -3.57. The predicted molar refractivity (Wildman–Crippen MR) is 93.0 cm³/mol. The van der Waals surface area contributed by atoms with Gasteiger partial charge in [-0.25, -0.2) is 12.4 Å². The lowest BCUT2D eigenvalue weighted by atomic mass is 10.0. The van der Waals surface area contributed by atoms with Gasteiger partial charge in [0.15, 0.2) is 0 Å². The molecule has 0 saturated carbocycles. The fraction of sp³-hybridized carbons (Fsp3) is 0. The zero-order chi connectivity index (χ0) is 15.1. The van der Waals surface area contributed by atoms with Gasteiger partial charge in [-0.2, -0.15) is 0 Å². The molecule has 3 nitrogen and oxygen atoms in total. The van der Waals surface area contributed by atoms with Gasteiger partial charge in [-0.05, 0) is 29.6 Å². The van der Waals surface area contributed by atoms with Crippen LogP contribution in [0.2, 0.25) is 0 Å². The topological polar surface area (TPSA) is 39.1 Å². The van der Waals surface area contributed by atoms with Crippen molar-refractivity contribution in [3.05, 3.63) is 52.3 Å². The second-order valence-electron chi connectivity index (χ2n) is 5.25. The van der Waals surface area contributed by atoms with Gasteiger partial charge in [0.05, 0.1) is 10.4 Å². The molecule has 3 heterocycles. The first-order chi connectivity index (χ1) is 10.6. The van der Waals surface area contributed by atoms with E-state index in [4.69, 9.17) is 0 Å². The smallest absolute Gasteiger partial charge is 0.223 e. The summed E-state index contributed by atoms with van der Waals surface area (Å²) in [5.74, 6) is 0. The summed E-state index contributed by atoms with van der Waals surface area (Å²) < 4.78 is 28.6. The van der Waals surface area contributed by atoms with Crippen molar-refractivity contribution in [2.75, 3.05) is 0 Å². The molecule has 0 bridgehead atoms. The zero-order valence-electron chi connectivity index (χ0n) is 11.1. The Bertz CT molecular complexity index is 1200. The number of aromatic nitrogens is 1. The van der Waals surface area contributed by atoms with E-state index in [1.54, 1.807) is 12.1 Å². The van der Waals surface area contributed by atoms with Gasteiger partial charge in [0.25, 0.3) is 10.0 Å². The minimum absolute atomic E-state index is 0.363. The molecule has 1 aliphatic heterocycles. The van der Waals surface area contributed by atoms with Crippen LogP contribution in [0.15, 0.2) is 57.2 Å². The highest BCUT2D eigenvalue weighted by molar-refractivity contribution is 9.10. The molecule has 0 amide bonds. The molecule has 5 rings (SSSR count). The van der Waals surface area contributed by atoms with Gasteiger partial charge < -0.3 is 0 Å². The lowest BCUT2D eigenvalue weighted by molar-refractivity contribution is 0.590. The van der Waals surface area contributed by atoms with Crippen molar-refractivity contribution in [3.8, 4) is 11.1 Å². The maximum atomic E-state index is 13.1. The third kappa shape index (κ3) is 1.38. The van der Waals surface area contributed by atoms with Gasteiger partial charge in [-0.3, -0.25) is 0 Å². The van der Waals surface area contributed by atoms with Crippen LogP contribution in [-0.2, 0) is 10.0 Å². The van der Waals surface area contributed by atoms with Gasteiger partial charge in [0, 0.05) is 26.4 Å². The fourth-order valence-corrected chi connectivity index (χ4v) is 6.47. The molecule has 0 aliphatic carbocycles. The van der Waals surface area contributed by atoms with E-state index in [0.29, 0.717) is 4.90 Å². The number of benzene rings is 2. The Balaban J connectivity index is 2.16. The van der Waals surface area contributed by atoms with Crippen LogP contribution in [0.5, 0.6) is 0 Å². The highest BCUT2D eigenvalue weighted by Gasteiger charge is 2.33. The first-order valence-electron chi connectivity index (χ1n) is 6.65. The normalized spacial score (nSPS) is 15.3. The molecule has 0 spiro atoms. The number of hydrogen-bond acceptors (Lipinski definition) is 3. The standard InChI is InChI=1S/C16H8BrNO2S2/c17-9-4-5-14-13(8-9)11-3-1-2-10-12-6-7-21-16(12)18(15(10)11)22(14,19)20/h1-8H. The van der Waals surface area contributed by atoms with Crippen LogP contribution in [0.1, 0.15) is 0 Å². The molecule has 2 aromatic heterocycles. The van der Waals surface area contributed by atoms with E-state index in [9.17, 15) is 8.42 Å². The molecule has 4 aromatic rings. The van der Waals surface area contributed by atoms with Crippen molar-refractivity contribution in [1.29, 1.82) is 0 Å². The van der Waals surface area contributed by atoms with E-state index in [0.717, 1.165) is 36.7 Å². The second-order valence-corrected chi connectivity index (χ2v) is 8.82. The number of nitrogens with zero attached hydrogens (tertiary/aromatic N) is 1. The molecule has 0 atom stereocenters. The summed E-state index contributed by atoms with van der Waals surface area (Å²) in [5, 5.41) is 3.92. The number of halogens is 1. The van der Waals surface area contributed by atoms with Crippen LogP contribution in [0.25, 0.3) is 32.2 Å². The highest BCUT2D eigenvalue weighted by Crippen LogP contribution is 2.46. The maximum Gasteiger partial charge on any atom is 0.270 e. The summed E-state index contributed by atoms with van der Waals surface area (Å²) in [6, 6.07) is 13.3. The Labute approximate surface area is 139 Å². The molecular formula is C16H8BrNO2S2. The summed E-state index contributed by atoms with van der Waals surface area (Å²) in [5.41, 5.74) is 2.51. The molecule has 6 heteroatoms. The van der Waals surface area contributed by atoms with Crippen molar-refractivity contribution in [2.45, 2.75) is 4.90 Å². The fourth-order valence-electron chi connectivity index (χ4n) is 3.23. The molecule has 0 radical (unpaired) electrons. The lowest BCUT2D eigenvalue weighted by Gasteiger charge is -2.20. The van der Waals surface area contributed by atoms with Crippen molar-refractivity contribution in [2.24, 2.45) is 0 Å². The Hall–Kier alpha value is -1.63. The highest BCUT2D eigenvalue weighted by atomic mass is 79.9. The Morgan fingerprint density at radius 1 is 1.00 bits per heavy atom. The van der Waals surface area contributed by atoms with E-state index in [1.807, 2.05) is 35.7 Å². The minimum Gasteiger partial charge on any atom is -0.223 e. The molecule has 22 heavy (non-hydrogen) atoms. The average molecular weight is 390 g/mol. The van der Waals surface area contributed by atoms with Crippen LogP contribution in [0.3, 0.4) is 0 Å². The van der Waals surface area contributed by atoms with Gasteiger partial charge in [0.2, 0.25) is 0 Å². The van der Waals surface area contributed by atoms with E-state index < -0.39 is 10.0 Å². The van der Waals surface area contributed by atoms with E-state index >= 15 is 0 Å². The van der Waals surface area contributed by atoms with Crippen molar-refractivity contribution < 1.29 is 8.42 Å². The third-order valence-electron chi connectivity index (χ3n) is 4.11. The number of fused-ring (bicyclic) bond motifs is 5. The van der Waals surface area contributed by atoms with Crippen LogP contribution in [0, 0.1) is 0 Å². The van der Waals surface area contributed by atoms with Crippen LogP contribution < -0.4 is 0 Å². The van der Waals surface area contributed by atoms with Gasteiger partial charge >= 0.3 is 0 Å². The molecular weight excluding hydrogens is 382 g/mol. The van der Waals surface area contributed by atoms with Crippen LogP contribution in [0.4, 0.5) is 0 Å². The SMILES string of the molecule is O=S1(=O)c2ccc(Br)cc2-c2cccc3c4ccsc4n1c23. The number of hydrogen-bond donors (Lipinski definition) is 0. The monoisotopic (exact) mass is 389 g/mol. The van der Waals surface area contributed by atoms with Gasteiger partial charge in [0.1, 0.15) is 4.83 Å². The van der Waals surface area contributed by atoms with Crippen molar-refractivity contribution in [3.63, 3.8) is 0 Å². The second kappa shape index (κ2) is 4.01. The van der Waals surface area contributed by atoms with E-state index in [-0.39, 0.29) is 0 Å². The number of rotatable bonds is 0. The van der Waals surface area contributed by atoms with Crippen LogP contribution in [-0.4, -0.2) is 12.4 Å². The third-order valence-corrected chi connectivity index (χ3v) is 7.37. The maximum absolute atomic E-state index is 13.1. The average Bonchev–Trinajstić information content (AvgIpc) is 3.05. The predicted octanol–water partition coefficient (Wildman–Crippen LogP) is 4.84. The quantitative estimate of drug-likeness (QED) is 0.380. The Morgan fingerprint density at radius 2 is 1.86 bits per heavy atom. The Kier molecular flexibility index (Phi) is 2.35. The summed E-state index contributed by atoms with van der Waals surface area (Å²) >= 11 is 4.91. The number of thiophene rings is 1. The minimum atomic E-state index is -3.57. The summed E-state index contributed by atoms with van der Waals surface area (Å²) in [6.07, 6.45) is 0. The van der Waals surface area contributed by atoms with Gasteiger partial charge in [-0.1, -0.05) is 34.1 Å². The number of para-hydroxylation sites is 1. The van der Waals surface area contributed by atoms with Gasteiger partial charge in [-0.15, -0.1) is 11.3 Å². The van der Waals surface area contributed by atoms with Crippen molar-refractivity contribution >= 4 is 58.4 Å². The zero-order valence-corrected chi connectivity index (χ0v) is 14.3. The molecule has 0 saturated heterocycles. The first kappa shape index (κ1) is 12.9. The van der Waals surface area contributed by atoms with E-state index in [2.05, 4.69) is 15.9 Å².